The van der Waals surface area contributed by atoms with E-state index in [1.54, 1.807) is 0 Å². The molecule has 1 aromatic rings. The average molecular weight is 262 g/mol. The van der Waals surface area contributed by atoms with E-state index in [0.29, 0.717) is 0 Å². The first-order valence-corrected chi connectivity index (χ1v) is 7.12. The maximum absolute atomic E-state index is 4.46. The Morgan fingerprint density at radius 3 is 2.37 bits per heavy atom. The lowest BCUT2D eigenvalue weighted by atomic mass is 10.1. The highest BCUT2D eigenvalue weighted by Crippen LogP contribution is 2.38. The second-order valence-electron chi connectivity index (χ2n) is 6.85. The number of rotatable bonds is 5. The molecule has 1 aliphatic carbocycles. The summed E-state index contributed by atoms with van der Waals surface area (Å²) in [5.74, 6) is 2.53. The summed E-state index contributed by atoms with van der Waals surface area (Å²) >= 11 is 0. The third-order valence-electron chi connectivity index (χ3n) is 3.64. The molecule has 1 N–H and O–H groups in total. The van der Waals surface area contributed by atoms with Crippen molar-refractivity contribution < 1.29 is 0 Å². The molecular weight excluding hydrogens is 236 g/mol. The molecule has 2 unspecified atom stereocenters. The predicted molar refractivity (Wildman–Crippen MR) is 79.2 cm³/mol. The lowest BCUT2D eigenvalue weighted by molar-refractivity contribution is 0.423. The summed E-state index contributed by atoms with van der Waals surface area (Å²) in [7, 11) is 2.08. The molecule has 106 valence electrons. The SMILES string of the molecule is CC1CC1CN(C)c1ncc(CNC(C)(C)C)cn1. The molecule has 0 aromatic carbocycles. The molecule has 0 spiro atoms. The van der Waals surface area contributed by atoms with Gasteiger partial charge in [0.15, 0.2) is 0 Å². The van der Waals surface area contributed by atoms with Gasteiger partial charge in [0.25, 0.3) is 0 Å². The van der Waals surface area contributed by atoms with Gasteiger partial charge in [-0.1, -0.05) is 6.92 Å². The fraction of sp³-hybridized carbons (Fsp3) is 0.733. The van der Waals surface area contributed by atoms with Crippen LogP contribution in [-0.2, 0) is 6.54 Å². The summed E-state index contributed by atoms with van der Waals surface area (Å²) in [6.45, 7) is 10.7. The monoisotopic (exact) mass is 262 g/mol. The number of nitrogens with zero attached hydrogens (tertiary/aromatic N) is 3. The fourth-order valence-corrected chi connectivity index (χ4v) is 2.09. The van der Waals surface area contributed by atoms with Gasteiger partial charge in [-0.3, -0.25) is 0 Å². The van der Waals surface area contributed by atoms with Gasteiger partial charge in [0, 0.05) is 43.6 Å². The van der Waals surface area contributed by atoms with Gasteiger partial charge in [0.2, 0.25) is 5.95 Å². The Kier molecular flexibility index (Phi) is 4.09. The van der Waals surface area contributed by atoms with Crippen LogP contribution < -0.4 is 10.2 Å². The van der Waals surface area contributed by atoms with Gasteiger partial charge in [0.1, 0.15) is 0 Å². The molecule has 19 heavy (non-hydrogen) atoms. The number of nitrogens with one attached hydrogen (secondary N) is 1. The molecule has 1 saturated carbocycles. The zero-order chi connectivity index (χ0) is 14.0. The Labute approximate surface area is 116 Å². The summed E-state index contributed by atoms with van der Waals surface area (Å²) in [5, 5.41) is 3.44. The molecule has 4 heteroatoms. The van der Waals surface area contributed by atoms with Gasteiger partial charge in [-0.15, -0.1) is 0 Å². The smallest absolute Gasteiger partial charge is 0.225 e. The minimum absolute atomic E-state index is 0.123. The highest BCUT2D eigenvalue weighted by atomic mass is 15.2. The molecule has 2 atom stereocenters. The highest BCUT2D eigenvalue weighted by Gasteiger charge is 2.33. The second kappa shape index (κ2) is 5.45. The van der Waals surface area contributed by atoms with Crippen molar-refractivity contribution in [3.05, 3.63) is 18.0 Å². The highest BCUT2D eigenvalue weighted by molar-refractivity contribution is 5.29. The van der Waals surface area contributed by atoms with E-state index in [2.05, 4.69) is 54.9 Å². The van der Waals surface area contributed by atoms with Crippen molar-refractivity contribution in [3.8, 4) is 0 Å². The van der Waals surface area contributed by atoms with E-state index in [0.717, 1.165) is 36.4 Å². The molecular formula is C15H26N4. The van der Waals surface area contributed by atoms with Crippen LogP contribution in [0.5, 0.6) is 0 Å². The predicted octanol–water partition coefficient (Wildman–Crippen LogP) is 2.46. The standard InChI is InChI=1S/C15H26N4/c1-11-6-13(11)10-19(5)14-16-7-12(8-17-14)9-18-15(2,3)4/h7-8,11,13,18H,6,9-10H2,1-5H3. The summed E-state index contributed by atoms with van der Waals surface area (Å²) < 4.78 is 0. The van der Waals surface area contributed by atoms with Crippen LogP contribution in [0.3, 0.4) is 0 Å². The maximum Gasteiger partial charge on any atom is 0.225 e. The zero-order valence-corrected chi connectivity index (χ0v) is 12.8. The van der Waals surface area contributed by atoms with Gasteiger partial charge >= 0.3 is 0 Å². The third kappa shape index (κ3) is 4.46. The van der Waals surface area contributed by atoms with Gasteiger partial charge in [-0.25, -0.2) is 9.97 Å². The zero-order valence-electron chi connectivity index (χ0n) is 12.8. The van der Waals surface area contributed by atoms with Crippen molar-refractivity contribution in [2.24, 2.45) is 11.8 Å². The largest absolute Gasteiger partial charge is 0.344 e. The first-order chi connectivity index (χ1) is 8.85. The average Bonchev–Trinajstić information content (AvgIpc) is 3.02. The van der Waals surface area contributed by atoms with Crippen LogP contribution in [0.2, 0.25) is 0 Å². The molecule has 4 nitrogen and oxygen atoms in total. The van der Waals surface area contributed by atoms with Crippen molar-refractivity contribution >= 4 is 5.95 Å². The van der Waals surface area contributed by atoms with Gasteiger partial charge in [-0.2, -0.15) is 0 Å². The summed E-state index contributed by atoms with van der Waals surface area (Å²) in [6, 6.07) is 0. The van der Waals surface area contributed by atoms with Gasteiger partial charge in [0.05, 0.1) is 0 Å². The lowest BCUT2D eigenvalue weighted by Crippen LogP contribution is -2.35. The van der Waals surface area contributed by atoms with Crippen LogP contribution in [0.15, 0.2) is 12.4 Å². The Morgan fingerprint density at radius 2 is 1.89 bits per heavy atom. The van der Waals surface area contributed by atoms with Crippen LogP contribution >= 0.6 is 0 Å². The maximum atomic E-state index is 4.46. The third-order valence-corrected chi connectivity index (χ3v) is 3.64. The van der Waals surface area contributed by atoms with Crippen LogP contribution in [0.25, 0.3) is 0 Å². The quantitative estimate of drug-likeness (QED) is 0.885. The van der Waals surface area contributed by atoms with E-state index in [4.69, 9.17) is 0 Å². The van der Waals surface area contributed by atoms with E-state index in [1.165, 1.54) is 6.42 Å². The van der Waals surface area contributed by atoms with E-state index >= 15 is 0 Å². The van der Waals surface area contributed by atoms with Crippen molar-refractivity contribution in [1.82, 2.24) is 15.3 Å². The minimum atomic E-state index is 0.123. The summed E-state index contributed by atoms with van der Waals surface area (Å²) in [4.78, 5) is 11.1. The molecule has 2 rings (SSSR count). The summed E-state index contributed by atoms with van der Waals surface area (Å²) in [6.07, 6.45) is 5.19. The number of hydrogen-bond donors (Lipinski definition) is 1. The molecule has 0 aliphatic heterocycles. The Morgan fingerprint density at radius 1 is 1.32 bits per heavy atom. The van der Waals surface area contributed by atoms with E-state index < -0.39 is 0 Å². The Hall–Kier alpha value is -1.16. The van der Waals surface area contributed by atoms with Crippen LogP contribution in [-0.4, -0.2) is 29.1 Å². The summed E-state index contributed by atoms with van der Waals surface area (Å²) in [5.41, 5.74) is 1.25. The second-order valence-corrected chi connectivity index (χ2v) is 6.85. The van der Waals surface area contributed by atoms with Crippen molar-refractivity contribution in [2.75, 3.05) is 18.5 Å². The van der Waals surface area contributed by atoms with Crippen molar-refractivity contribution in [1.29, 1.82) is 0 Å². The van der Waals surface area contributed by atoms with Crippen LogP contribution in [0, 0.1) is 11.8 Å². The number of aromatic nitrogens is 2. The molecule has 1 fully saturated rings. The first-order valence-electron chi connectivity index (χ1n) is 7.12. The van der Waals surface area contributed by atoms with Crippen molar-refractivity contribution in [2.45, 2.75) is 46.2 Å². The normalized spacial score (nSPS) is 22.4. The first kappa shape index (κ1) is 14.3. The Bertz CT molecular complexity index is 407. The van der Waals surface area contributed by atoms with E-state index in [1.807, 2.05) is 12.4 Å². The molecule has 0 saturated heterocycles. The molecule has 1 aliphatic rings. The molecule has 0 radical (unpaired) electrons. The molecule has 0 bridgehead atoms. The molecule has 0 amide bonds. The number of hydrogen-bond acceptors (Lipinski definition) is 4. The molecule has 1 heterocycles. The van der Waals surface area contributed by atoms with Crippen LogP contribution in [0.4, 0.5) is 5.95 Å². The van der Waals surface area contributed by atoms with E-state index in [-0.39, 0.29) is 5.54 Å². The molecule has 1 aromatic heterocycles. The lowest BCUT2D eigenvalue weighted by Gasteiger charge is -2.21. The van der Waals surface area contributed by atoms with Gasteiger partial charge in [-0.05, 0) is 39.0 Å². The van der Waals surface area contributed by atoms with Crippen LogP contribution in [0.1, 0.15) is 39.7 Å². The fourth-order valence-electron chi connectivity index (χ4n) is 2.09. The van der Waals surface area contributed by atoms with Gasteiger partial charge < -0.3 is 10.2 Å². The topological polar surface area (TPSA) is 41.1 Å². The van der Waals surface area contributed by atoms with E-state index in [9.17, 15) is 0 Å². The Balaban J connectivity index is 1.87. The number of anilines is 1. The minimum Gasteiger partial charge on any atom is -0.344 e. The van der Waals surface area contributed by atoms with Crippen molar-refractivity contribution in [3.63, 3.8) is 0 Å².